The molecule has 1 aromatic carbocycles. The molecule has 2 N–H and O–H groups in total. The maximum absolute atomic E-state index is 12.2. The summed E-state index contributed by atoms with van der Waals surface area (Å²) in [6.45, 7) is 1.32. The van der Waals surface area contributed by atoms with E-state index in [0.29, 0.717) is 17.1 Å². The molecule has 0 amide bonds. The van der Waals surface area contributed by atoms with Gasteiger partial charge in [0.2, 0.25) is 11.2 Å². The number of carbonyl (C=O) groups excluding carboxylic acids is 1. The molecule has 8 heteroatoms. The molecule has 8 nitrogen and oxygen atoms in total. The van der Waals surface area contributed by atoms with Crippen LogP contribution in [0.15, 0.2) is 33.5 Å². The first kappa shape index (κ1) is 21.9. The average molecular weight is 402 g/mol. The number of ether oxygens (including phenoxy) is 3. The molecule has 0 saturated heterocycles. The Bertz CT molecular complexity index is 954. The lowest BCUT2D eigenvalue weighted by Crippen LogP contribution is -2.15. The van der Waals surface area contributed by atoms with Crippen molar-refractivity contribution >= 4 is 5.97 Å². The molecule has 0 aliphatic carbocycles. The van der Waals surface area contributed by atoms with Gasteiger partial charge in [0.1, 0.15) is 19.0 Å². The normalized spacial score (nSPS) is 11.4. The number of carbonyl (C=O) groups is 1. The predicted molar refractivity (Wildman–Crippen MR) is 103 cm³/mol. The molecule has 2 rings (SSSR count). The van der Waals surface area contributed by atoms with Gasteiger partial charge in [-0.15, -0.1) is 6.42 Å². The van der Waals surface area contributed by atoms with Gasteiger partial charge in [0.05, 0.1) is 26.1 Å². The Kier molecular flexibility index (Phi) is 7.69. The minimum Gasteiger partial charge on any atom is -0.502 e. The van der Waals surface area contributed by atoms with Crippen molar-refractivity contribution in [3.8, 4) is 29.6 Å². The van der Waals surface area contributed by atoms with Crippen LogP contribution in [0.1, 0.15) is 36.3 Å². The van der Waals surface area contributed by atoms with E-state index >= 15 is 0 Å². The van der Waals surface area contributed by atoms with E-state index in [4.69, 9.17) is 25.1 Å². The van der Waals surface area contributed by atoms with Gasteiger partial charge in [-0.2, -0.15) is 0 Å². The first-order valence-corrected chi connectivity index (χ1v) is 8.81. The zero-order valence-electron chi connectivity index (χ0n) is 16.1. The second kappa shape index (κ2) is 10.2. The molecule has 0 fully saturated rings. The highest BCUT2D eigenvalue weighted by Gasteiger charge is 2.27. The van der Waals surface area contributed by atoms with Crippen molar-refractivity contribution in [2.45, 2.75) is 25.9 Å². The lowest BCUT2D eigenvalue weighted by Gasteiger charge is -2.19. The number of rotatable bonds is 9. The van der Waals surface area contributed by atoms with E-state index in [1.807, 2.05) is 0 Å². The van der Waals surface area contributed by atoms with Crippen LogP contribution in [0.2, 0.25) is 0 Å². The summed E-state index contributed by atoms with van der Waals surface area (Å²) >= 11 is 0. The SMILES string of the molecule is C#CCOc1ccc([C@@H](CC(=O)OCC)c2oc(CO)cc(=O)c2O)cc1OC. The number of aliphatic hydroxyl groups excluding tert-OH is 1. The number of terminal acetylenes is 1. The van der Waals surface area contributed by atoms with Crippen LogP contribution in [-0.2, 0) is 16.1 Å². The van der Waals surface area contributed by atoms with Crippen LogP contribution in [-0.4, -0.2) is 36.5 Å². The zero-order chi connectivity index (χ0) is 21.4. The van der Waals surface area contributed by atoms with Crippen molar-refractivity contribution in [1.82, 2.24) is 0 Å². The molecular weight excluding hydrogens is 380 g/mol. The summed E-state index contributed by atoms with van der Waals surface area (Å²) in [7, 11) is 1.44. The lowest BCUT2D eigenvalue weighted by atomic mass is 9.91. The third-order valence-electron chi connectivity index (χ3n) is 4.05. The summed E-state index contributed by atoms with van der Waals surface area (Å²) in [4.78, 5) is 24.2. The van der Waals surface area contributed by atoms with Crippen LogP contribution in [0, 0.1) is 12.3 Å². The maximum atomic E-state index is 12.2. The van der Waals surface area contributed by atoms with Crippen molar-refractivity contribution in [2.75, 3.05) is 20.3 Å². The Morgan fingerprint density at radius 2 is 2.07 bits per heavy atom. The lowest BCUT2D eigenvalue weighted by molar-refractivity contribution is -0.143. The molecule has 0 bridgehead atoms. The van der Waals surface area contributed by atoms with Crippen LogP contribution in [0.3, 0.4) is 0 Å². The molecule has 0 radical (unpaired) electrons. The van der Waals surface area contributed by atoms with Crippen LogP contribution in [0.5, 0.6) is 17.2 Å². The summed E-state index contributed by atoms with van der Waals surface area (Å²) in [5, 5.41) is 19.6. The standard InChI is InChI=1S/C21H22O8/c1-4-8-28-17-7-6-13(9-18(17)26-3)15(11-19(24)27-5-2)21-20(25)16(23)10-14(12-22)29-21/h1,6-7,9-10,15,22,25H,5,8,11-12H2,2-3H3/t15-/m1/s1. The summed E-state index contributed by atoms with van der Waals surface area (Å²) in [6.07, 6.45) is 4.99. The first-order chi connectivity index (χ1) is 13.9. The molecule has 1 aromatic heterocycles. The number of hydrogen-bond acceptors (Lipinski definition) is 8. The van der Waals surface area contributed by atoms with Gasteiger partial charge in [-0.1, -0.05) is 12.0 Å². The summed E-state index contributed by atoms with van der Waals surface area (Å²) in [6, 6.07) is 5.79. The fourth-order valence-electron chi connectivity index (χ4n) is 2.76. The molecule has 0 aliphatic rings. The van der Waals surface area contributed by atoms with Crippen molar-refractivity contribution in [3.63, 3.8) is 0 Å². The second-order valence-corrected chi connectivity index (χ2v) is 5.91. The van der Waals surface area contributed by atoms with Gasteiger partial charge >= 0.3 is 5.97 Å². The van der Waals surface area contributed by atoms with Crippen molar-refractivity contribution in [3.05, 3.63) is 51.6 Å². The van der Waals surface area contributed by atoms with Crippen LogP contribution >= 0.6 is 0 Å². The van der Waals surface area contributed by atoms with Crippen molar-refractivity contribution in [1.29, 1.82) is 0 Å². The molecular formula is C21H22O8. The van der Waals surface area contributed by atoms with Gasteiger partial charge in [0.15, 0.2) is 17.3 Å². The summed E-state index contributed by atoms with van der Waals surface area (Å²) < 4.78 is 21.2. The smallest absolute Gasteiger partial charge is 0.306 e. The van der Waals surface area contributed by atoms with Gasteiger partial charge in [0, 0.05) is 6.07 Å². The van der Waals surface area contributed by atoms with Crippen LogP contribution in [0.4, 0.5) is 0 Å². The zero-order valence-corrected chi connectivity index (χ0v) is 16.1. The van der Waals surface area contributed by atoms with Gasteiger partial charge in [-0.05, 0) is 24.6 Å². The first-order valence-electron chi connectivity index (χ1n) is 8.81. The molecule has 29 heavy (non-hydrogen) atoms. The molecule has 1 atom stereocenters. The second-order valence-electron chi connectivity index (χ2n) is 5.91. The van der Waals surface area contributed by atoms with Gasteiger partial charge < -0.3 is 28.8 Å². The van der Waals surface area contributed by atoms with Gasteiger partial charge in [-0.3, -0.25) is 9.59 Å². The molecule has 0 aliphatic heterocycles. The summed E-state index contributed by atoms with van der Waals surface area (Å²) in [5.41, 5.74) is -0.235. The Labute approximate surface area is 167 Å². The van der Waals surface area contributed by atoms with E-state index in [0.717, 1.165) is 6.07 Å². The average Bonchev–Trinajstić information content (AvgIpc) is 2.72. The molecule has 0 spiro atoms. The van der Waals surface area contributed by atoms with Crippen molar-refractivity contribution in [2.24, 2.45) is 0 Å². The highest BCUT2D eigenvalue weighted by atomic mass is 16.5. The quantitative estimate of drug-likeness (QED) is 0.483. The fraction of sp³-hybridized carbons (Fsp3) is 0.333. The molecule has 154 valence electrons. The van der Waals surface area contributed by atoms with E-state index < -0.39 is 29.7 Å². The number of aliphatic hydroxyl groups is 1. The maximum Gasteiger partial charge on any atom is 0.306 e. The minimum absolute atomic E-state index is 0.0379. The van der Waals surface area contributed by atoms with Crippen LogP contribution < -0.4 is 14.9 Å². The van der Waals surface area contributed by atoms with Gasteiger partial charge in [-0.25, -0.2) is 0 Å². The number of benzene rings is 1. The predicted octanol–water partition coefficient (Wildman–Crippen LogP) is 1.94. The van der Waals surface area contributed by atoms with E-state index in [1.165, 1.54) is 7.11 Å². The highest BCUT2D eigenvalue weighted by molar-refractivity contribution is 5.71. The fourth-order valence-corrected chi connectivity index (χ4v) is 2.76. The van der Waals surface area contributed by atoms with Crippen molar-refractivity contribution < 1.29 is 33.6 Å². The topological polar surface area (TPSA) is 115 Å². The van der Waals surface area contributed by atoms with Crippen LogP contribution in [0.25, 0.3) is 0 Å². The molecule has 2 aromatic rings. The third kappa shape index (κ3) is 5.30. The summed E-state index contributed by atoms with van der Waals surface area (Å²) in [5.74, 6) is 0.801. The number of esters is 1. The largest absolute Gasteiger partial charge is 0.502 e. The van der Waals surface area contributed by atoms with E-state index in [2.05, 4.69) is 5.92 Å². The molecule has 1 heterocycles. The Balaban J connectivity index is 2.58. The molecule has 0 unspecified atom stereocenters. The number of methoxy groups -OCH3 is 1. The molecule has 0 saturated carbocycles. The van der Waals surface area contributed by atoms with E-state index in [1.54, 1.807) is 25.1 Å². The van der Waals surface area contributed by atoms with E-state index in [9.17, 15) is 19.8 Å². The van der Waals surface area contributed by atoms with E-state index in [-0.39, 0.29) is 31.2 Å². The number of hydrogen-bond donors (Lipinski definition) is 2. The Morgan fingerprint density at radius 1 is 1.31 bits per heavy atom. The van der Waals surface area contributed by atoms with Gasteiger partial charge in [0.25, 0.3) is 0 Å². The monoisotopic (exact) mass is 402 g/mol. The third-order valence-corrected chi connectivity index (χ3v) is 4.05. The minimum atomic E-state index is -0.871. The Hall–Kier alpha value is -3.44. The highest BCUT2D eigenvalue weighted by Crippen LogP contribution is 2.37. The number of aromatic hydroxyl groups is 1. The Morgan fingerprint density at radius 3 is 2.69 bits per heavy atom.